The maximum atomic E-state index is 12.2. The van der Waals surface area contributed by atoms with Crippen molar-refractivity contribution in [3.63, 3.8) is 0 Å². The van der Waals surface area contributed by atoms with Crippen molar-refractivity contribution in [2.24, 2.45) is 0 Å². The molecule has 0 N–H and O–H groups in total. The van der Waals surface area contributed by atoms with Crippen molar-refractivity contribution in [2.75, 3.05) is 0 Å². The SMILES string of the molecule is N#CCC#Cc1ncc(C(F)(F)F)cc1Cl. The Morgan fingerprint density at radius 3 is 2.62 bits per heavy atom. The van der Waals surface area contributed by atoms with Crippen LogP contribution in [0.15, 0.2) is 12.3 Å². The van der Waals surface area contributed by atoms with Gasteiger partial charge in [0.15, 0.2) is 0 Å². The first-order valence-corrected chi connectivity index (χ1v) is 4.41. The van der Waals surface area contributed by atoms with Gasteiger partial charge in [0.25, 0.3) is 0 Å². The molecular weight excluding hydrogens is 241 g/mol. The Labute approximate surface area is 94.7 Å². The Balaban J connectivity index is 3.03. The molecule has 0 radical (unpaired) electrons. The summed E-state index contributed by atoms with van der Waals surface area (Å²) in [7, 11) is 0. The summed E-state index contributed by atoms with van der Waals surface area (Å²) in [6, 6.07) is 2.52. The molecular formula is C10H4ClF3N2. The van der Waals surface area contributed by atoms with Crippen LogP contribution >= 0.6 is 11.6 Å². The van der Waals surface area contributed by atoms with E-state index in [0.29, 0.717) is 6.20 Å². The lowest BCUT2D eigenvalue weighted by molar-refractivity contribution is -0.137. The van der Waals surface area contributed by atoms with Gasteiger partial charge in [-0.15, -0.1) is 0 Å². The Bertz CT molecular complexity index is 492. The Kier molecular flexibility index (Phi) is 3.76. The molecule has 2 nitrogen and oxygen atoms in total. The highest BCUT2D eigenvalue weighted by Crippen LogP contribution is 2.30. The number of nitriles is 1. The van der Waals surface area contributed by atoms with Gasteiger partial charge in [0.1, 0.15) is 5.69 Å². The molecule has 0 aliphatic rings. The molecule has 0 aromatic carbocycles. The van der Waals surface area contributed by atoms with E-state index in [1.54, 1.807) is 6.07 Å². The lowest BCUT2D eigenvalue weighted by Crippen LogP contribution is -2.05. The number of aromatic nitrogens is 1. The average molecular weight is 245 g/mol. The number of rotatable bonds is 0. The highest BCUT2D eigenvalue weighted by molar-refractivity contribution is 6.31. The van der Waals surface area contributed by atoms with E-state index in [1.165, 1.54) is 0 Å². The first kappa shape index (κ1) is 12.4. The first-order valence-electron chi connectivity index (χ1n) is 4.03. The van der Waals surface area contributed by atoms with Gasteiger partial charge in [-0.2, -0.15) is 18.4 Å². The minimum absolute atomic E-state index is 0.0287. The van der Waals surface area contributed by atoms with Crippen LogP contribution in [-0.4, -0.2) is 4.98 Å². The number of halogens is 4. The first-order chi connectivity index (χ1) is 7.45. The van der Waals surface area contributed by atoms with Gasteiger partial charge in [-0.25, -0.2) is 4.98 Å². The molecule has 0 saturated heterocycles. The van der Waals surface area contributed by atoms with Crippen molar-refractivity contribution in [1.82, 2.24) is 4.98 Å². The number of alkyl halides is 3. The van der Waals surface area contributed by atoms with E-state index in [4.69, 9.17) is 16.9 Å². The molecule has 0 atom stereocenters. The molecule has 6 heteroatoms. The molecule has 1 aromatic heterocycles. The van der Waals surface area contributed by atoms with Crippen LogP contribution in [0.5, 0.6) is 0 Å². The highest BCUT2D eigenvalue weighted by Gasteiger charge is 2.31. The smallest absolute Gasteiger partial charge is 0.246 e. The quantitative estimate of drug-likeness (QED) is 0.658. The molecule has 0 spiro atoms. The van der Waals surface area contributed by atoms with Crippen molar-refractivity contribution < 1.29 is 13.2 Å². The largest absolute Gasteiger partial charge is 0.417 e. The molecule has 0 saturated carbocycles. The zero-order valence-electron chi connectivity index (χ0n) is 7.77. The summed E-state index contributed by atoms with van der Waals surface area (Å²) >= 11 is 5.57. The number of pyridine rings is 1. The second-order valence-electron chi connectivity index (χ2n) is 2.69. The van der Waals surface area contributed by atoms with Gasteiger partial charge < -0.3 is 0 Å². The Morgan fingerprint density at radius 1 is 1.44 bits per heavy atom. The molecule has 0 amide bonds. The molecule has 16 heavy (non-hydrogen) atoms. The van der Waals surface area contributed by atoms with Crippen LogP contribution in [0.1, 0.15) is 17.7 Å². The van der Waals surface area contributed by atoms with E-state index in [9.17, 15) is 13.2 Å². The van der Waals surface area contributed by atoms with Crippen LogP contribution in [0.4, 0.5) is 13.2 Å². The lowest BCUT2D eigenvalue weighted by Gasteiger charge is -2.06. The van der Waals surface area contributed by atoms with Crippen LogP contribution in [0.3, 0.4) is 0 Å². The van der Waals surface area contributed by atoms with Gasteiger partial charge in [-0.05, 0) is 12.0 Å². The number of hydrogen-bond donors (Lipinski definition) is 0. The fraction of sp³-hybridized carbons (Fsp3) is 0.200. The standard InChI is InChI=1S/C10H4ClF3N2/c11-8-5-7(10(12,13)14)6-16-9(8)3-1-2-4-15/h5-6H,2H2. The van der Waals surface area contributed by atoms with E-state index in [-0.39, 0.29) is 17.1 Å². The summed E-state index contributed by atoms with van der Waals surface area (Å²) in [6.45, 7) is 0. The van der Waals surface area contributed by atoms with E-state index < -0.39 is 11.7 Å². The van der Waals surface area contributed by atoms with Crippen LogP contribution in [0, 0.1) is 23.2 Å². The fourth-order valence-corrected chi connectivity index (χ4v) is 1.07. The maximum Gasteiger partial charge on any atom is 0.417 e. The van der Waals surface area contributed by atoms with Crippen molar-refractivity contribution in [3.05, 3.63) is 28.5 Å². The summed E-state index contributed by atoms with van der Waals surface area (Å²) in [4.78, 5) is 3.48. The Hall–Kier alpha value is -1.72. The molecule has 82 valence electrons. The fourth-order valence-electron chi connectivity index (χ4n) is 0.852. The predicted molar refractivity (Wildman–Crippen MR) is 51.4 cm³/mol. The summed E-state index contributed by atoms with van der Waals surface area (Å²) in [5.41, 5.74) is -0.895. The average Bonchev–Trinajstić information content (AvgIpc) is 2.19. The van der Waals surface area contributed by atoms with Gasteiger partial charge in [0.05, 0.1) is 23.1 Å². The van der Waals surface area contributed by atoms with E-state index in [1.807, 2.05) is 0 Å². The molecule has 1 heterocycles. The molecule has 0 aliphatic heterocycles. The molecule has 0 aliphatic carbocycles. The highest BCUT2D eigenvalue weighted by atomic mass is 35.5. The van der Waals surface area contributed by atoms with Gasteiger partial charge in [-0.3, -0.25) is 0 Å². The lowest BCUT2D eigenvalue weighted by atomic mass is 10.2. The topological polar surface area (TPSA) is 36.7 Å². The van der Waals surface area contributed by atoms with Crippen molar-refractivity contribution in [3.8, 4) is 17.9 Å². The normalized spacial score (nSPS) is 10.2. The molecule has 1 rings (SSSR count). The third-order valence-corrected chi connectivity index (χ3v) is 1.83. The second-order valence-corrected chi connectivity index (χ2v) is 3.10. The summed E-state index contributed by atoms with van der Waals surface area (Å²) in [6.07, 6.45) is -3.85. The zero-order chi connectivity index (χ0) is 12.2. The van der Waals surface area contributed by atoms with Gasteiger partial charge in [-0.1, -0.05) is 17.5 Å². The molecule has 1 aromatic rings. The summed E-state index contributed by atoms with van der Waals surface area (Å²) in [5.74, 6) is 4.82. The second kappa shape index (κ2) is 4.87. The van der Waals surface area contributed by atoms with Gasteiger partial charge >= 0.3 is 6.18 Å². The van der Waals surface area contributed by atoms with Crippen LogP contribution in [0.2, 0.25) is 5.02 Å². The summed E-state index contributed by atoms with van der Waals surface area (Å²) < 4.78 is 36.7. The van der Waals surface area contributed by atoms with Crippen molar-refractivity contribution in [1.29, 1.82) is 5.26 Å². The minimum atomic E-state index is -4.48. The van der Waals surface area contributed by atoms with E-state index >= 15 is 0 Å². The van der Waals surface area contributed by atoms with Crippen molar-refractivity contribution >= 4 is 11.6 Å². The van der Waals surface area contributed by atoms with Crippen molar-refractivity contribution in [2.45, 2.75) is 12.6 Å². The summed E-state index contributed by atoms with van der Waals surface area (Å²) in [5, 5.41) is 8.03. The van der Waals surface area contributed by atoms with Gasteiger partial charge in [0.2, 0.25) is 0 Å². The third kappa shape index (κ3) is 3.15. The Morgan fingerprint density at radius 2 is 2.12 bits per heavy atom. The molecule has 0 bridgehead atoms. The predicted octanol–water partition coefficient (Wildman–Crippen LogP) is 3.02. The monoisotopic (exact) mass is 244 g/mol. The molecule has 0 unspecified atom stereocenters. The number of nitrogens with zero attached hydrogens (tertiary/aromatic N) is 2. The number of hydrogen-bond acceptors (Lipinski definition) is 2. The minimum Gasteiger partial charge on any atom is -0.246 e. The van der Waals surface area contributed by atoms with Crippen LogP contribution < -0.4 is 0 Å². The maximum absolute atomic E-state index is 12.2. The van der Waals surface area contributed by atoms with Crippen LogP contribution in [0.25, 0.3) is 0 Å². The molecule has 0 fully saturated rings. The van der Waals surface area contributed by atoms with Crippen LogP contribution in [-0.2, 0) is 6.18 Å². The van der Waals surface area contributed by atoms with Gasteiger partial charge in [0, 0.05) is 6.20 Å². The van der Waals surface area contributed by atoms with E-state index in [2.05, 4.69) is 16.8 Å². The third-order valence-electron chi connectivity index (χ3n) is 1.54. The zero-order valence-corrected chi connectivity index (χ0v) is 8.52. The van der Waals surface area contributed by atoms with E-state index in [0.717, 1.165) is 6.07 Å².